The van der Waals surface area contributed by atoms with Gasteiger partial charge in [-0.3, -0.25) is 9.69 Å². The van der Waals surface area contributed by atoms with Crippen LogP contribution in [-0.2, 0) is 7.05 Å². The van der Waals surface area contributed by atoms with Gasteiger partial charge >= 0.3 is 0 Å². The molecule has 2 N–H and O–H groups in total. The van der Waals surface area contributed by atoms with E-state index in [9.17, 15) is 4.79 Å². The molecule has 0 amide bonds. The third-order valence-corrected chi connectivity index (χ3v) is 2.43. The SMILES string of the molecule is Cn1cccc1C(=O)CN(CCO)CCO. The average molecular weight is 226 g/mol. The van der Waals surface area contributed by atoms with Crippen LogP contribution in [0.4, 0.5) is 0 Å². The summed E-state index contributed by atoms with van der Waals surface area (Å²) < 4.78 is 1.76. The Hall–Kier alpha value is -1.17. The lowest BCUT2D eigenvalue weighted by molar-refractivity contribution is 0.0886. The highest BCUT2D eigenvalue weighted by Crippen LogP contribution is 2.02. The maximum absolute atomic E-state index is 11.9. The summed E-state index contributed by atoms with van der Waals surface area (Å²) in [6, 6.07) is 3.58. The van der Waals surface area contributed by atoms with Crippen molar-refractivity contribution in [2.45, 2.75) is 0 Å². The maximum Gasteiger partial charge on any atom is 0.193 e. The van der Waals surface area contributed by atoms with Crippen molar-refractivity contribution >= 4 is 5.78 Å². The Bertz CT molecular complexity index is 330. The molecule has 1 heterocycles. The number of Topliss-reactive ketones (excluding diaryl/α,β-unsaturated/α-hetero) is 1. The smallest absolute Gasteiger partial charge is 0.193 e. The van der Waals surface area contributed by atoms with Gasteiger partial charge in [0.1, 0.15) is 0 Å². The van der Waals surface area contributed by atoms with Crippen LogP contribution in [-0.4, -0.2) is 58.3 Å². The number of ketones is 1. The fourth-order valence-corrected chi connectivity index (χ4v) is 1.59. The van der Waals surface area contributed by atoms with Crippen molar-refractivity contribution in [3.05, 3.63) is 24.0 Å². The van der Waals surface area contributed by atoms with Crippen molar-refractivity contribution in [2.75, 3.05) is 32.8 Å². The van der Waals surface area contributed by atoms with Crippen LogP contribution in [0.15, 0.2) is 18.3 Å². The van der Waals surface area contributed by atoms with Gasteiger partial charge in [0.2, 0.25) is 0 Å². The van der Waals surface area contributed by atoms with Gasteiger partial charge in [-0.15, -0.1) is 0 Å². The number of aliphatic hydroxyl groups excluding tert-OH is 2. The average Bonchev–Trinajstić information content (AvgIpc) is 2.65. The van der Waals surface area contributed by atoms with Gasteiger partial charge in [-0.1, -0.05) is 0 Å². The predicted octanol–water partition coefficient (Wildman–Crippen LogP) is -0.506. The number of hydrogen-bond acceptors (Lipinski definition) is 4. The molecular formula is C11H18N2O3. The maximum atomic E-state index is 11.9. The first-order valence-corrected chi connectivity index (χ1v) is 5.27. The molecule has 0 bridgehead atoms. The van der Waals surface area contributed by atoms with E-state index in [0.29, 0.717) is 18.8 Å². The molecule has 1 aromatic heterocycles. The number of aliphatic hydroxyl groups is 2. The van der Waals surface area contributed by atoms with Crippen LogP contribution in [0.1, 0.15) is 10.5 Å². The molecule has 0 aliphatic carbocycles. The van der Waals surface area contributed by atoms with Gasteiger partial charge in [0.05, 0.1) is 25.5 Å². The molecule has 90 valence electrons. The quantitative estimate of drug-likeness (QED) is 0.615. The highest BCUT2D eigenvalue weighted by atomic mass is 16.3. The molecule has 0 unspecified atom stereocenters. The summed E-state index contributed by atoms with van der Waals surface area (Å²) in [5, 5.41) is 17.6. The molecule has 5 nitrogen and oxygen atoms in total. The summed E-state index contributed by atoms with van der Waals surface area (Å²) in [5.74, 6) is -0.00519. The second-order valence-corrected chi connectivity index (χ2v) is 3.65. The molecule has 1 rings (SSSR count). The molecule has 0 saturated carbocycles. The largest absolute Gasteiger partial charge is 0.395 e. The standard InChI is InChI=1S/C11H18N2O3/c1-12-4-2-3-10(12)11(16)9-13(5-7-14)6-8-15/h2-4,14-15H,5-9H2,1H3. The minimum Gasteiger partial charge on any atom is -0.395 e. The second kappa shape index (κ2) is 6.42. The van der Waals surface area contributed by atoms with Crippen LogP contribution in [0.3, 0.4) is 0 Å². The Morgan fingerprint density at radius 3 is 2.44 bits per heavy atom. The van der Waals surface area contributed by atoms with E-state index in [1.54, 1.807) is 15.5 Å². The molecule has 0 fully saturated rings. The Morgan fingerprint density at radius 1 is 1.38 bits per heavy atom. The zero-order chi connectivity index (χ0) is 12.0. The minimum absolute atomic E-state index is 0.00519. The van der Waals surface area contributed by atoms with Crippen LogP contribution in [0.25, 0.3) is 0 Å². The van der Waals surface area contributed by atoms with E-state index in [1.165, 1.54) is 0 Å². The van der Waals surface area contributed by atoms with Crippen molar-refractivity contribution in [2.24, 2.45) is 7.05 Å². The number of carbonyl (C=O) groups is 1. The van der Waals surface area contributed by atoms with Crippen molar-refractivity contribution in [3.8, 4) is 0 Å². The first-order valence-electron chi connectivity index (χ1n) is 5.27. The Morgan fingerprint density at radius 2 is 2.00 bits per heavy atom. The van der Waals surface area contributed by atoms with Crippen LogP contribution in [0, 0.1) is 0 Å². The number of nitrogens with zero attached hydrogens (tertiary/aromatic N) is 2. The molecule has 0 spiro atoms. The predicted molar refractivity (Wildman–Crippen MR) is 60.4 cm³/mol. The van der Waals surface area contributed by atoms with Gasteiger partial charge in [-0.2, -0.15) is 0 Å². The van der Waals surface area contributed by atoms with Crippen molar-refractivity contribution in [1.82, 2.24) is 9.47 Å². The van der Waals surface area contributed by atoms with Gasteiger partial charge in [0.25, 0.3) is 0 Å². The first kappa shape index (κ1) is 12.9. The van der Waals surface area contributed by atoms with E-state index in [-0.39, 0.29) is 25.5 Å². The molecule has 1 aromatic rings. The number of aromatic nitrogens is 1. The van der Waals surface area contributed by atoms with E-state index >= 15 is 0 Å². The highest BCUT2D eigenvalue weighted by Gasteiger charge is 2.13. The lowest BCUT2D eigenvalue weighted by atomic mass is 10.2. The first-order chi connectivity index (χ1) is 7.69. The fourth-order valence-electron chi connectivity index (χ4n) is 1.59. The Labute approximate surface area is 94.9 Å². The summed E-state index contributed by atoms with van der Waals surface area (Å²) >= 11 is 0. The number of carbonyl (C=O) groups excluding carboxylic acids is 1. The van der Waals surface area contributed by atoms with Gasteiger partial charge in [0, 0.05) is 26.3 Å². The summed E-state index contributed by atoms with van der Waals surface area (Å²) in [6.07, 6.45) is 1.82. The van der Waals surface area contributed by atoms with E-state index < -0.39 is 0 Å². The number of aryl methyl sites for hydroxylation is 1. The normalized spacial score (nSPS) is 11.0. The minimum atomic E-state index is -0.0135. The van der Waals surface area contributed by atoms with Gasteiger partial charge < -0.3 is 14.8 Å². The Balaban J connectivity index is 2.58. The molecule has 16 heavy (non-hydrogen) atoms. The van der Waals surface area contributed by atoms with E-state index in [1.807, 2.05) is 19.3 Å². The lowest BCUT2D eigenvalue weighted by Gasteiger charge is -2.19. The number of rotatable bonds is 7. The van der Waals surface area contributed by atoms with Crippen molar-refractivity contribution < 1.29 is 15.0 Å². The molecule has 0 aliphatic heterocycles. The molecular weight excluding hydrogens is 208 g/mol. The third-order valence-electron chi connectivity index (χ3n) is 2.43. The lowest BCUT2D eigenvalue weighted by Crippen LogP contribution is -2.35. The van der Waals surface area contributed by atoms with E-state index in [4.69, 9.17) is 10.2 Å². The van der Waals surface area contributed by atoms with Crippen molar-refractivity contribution in [1.29, 1.82) is 0 Å². The number of hydrogen-bond donors (Lipinski definition) is 2. The Kier molecular flexibility index (Phi) is 5.18. The summed E-state index contributed by atoms with van der Waals surface area (Å²) in [5.41, 5.74) is 0.640. The third kappa shape index (κ3) is 3.44. The van der Waals surface area contributed by atoms with Gasteiger partial charge in [-0.25, -0.2) is 0 Å². The zero-order valence-corrected chi connectivity index (χ0v) is 9.46. The molecule has 5 heteroatoms. The molecule has 0 radical (unpaired) electrons. The molecule has 0 aliphatic rings. The molecule has 0 saturated heterocycles. The van der Waals surface area contributed by atoms with Crippen LogP contribution < -0.4 is 0 Å². The summed E-state index contributed by atoms with van der Waals surface area (Å²) in [6.45, 7) is 0.993. The van der Waals surface area contributed by atoms with Crippen LogP contribution >= 0.6 is 0 Å². The fraction of sp³-hybridized carbons (Fsp3) is 0.545. The summed E-state index contributed by atoms with van der Waals surface area (Å²) in [7, 11) is 1.82. The van der Waals surface area contributed by atoms with Crippen LogP contribution in [0.5, 0.6) is 0 Å². The monoisotopic (exact) mass is 226 g/mol. The van der Waals surface area contributed by atoms with E-state index in [2.05, 4.69) is 0 Å². The highest BCUT2D eigenvalue weighted by molar-refractivity contribution is 5.96. The van der Waals surface area contributed by atoms with Crippen LogP contribution in [0.2, 0.25) is 0 Å². The zero-order valence-electron chi connectivity index (χ0n) is 9.46. The summed E-state index contributed by atoms with van der Waals surface area (Å²) in [4.78, 5) is 13.6. The molecule has 0 atom stereocenters. The van der Waals surface area contributed by atoms with Crippen molar-refractivity contribution in [3.63, 3.8) is 0 Å². The van der Waals surface area contributed by atoms with Gasteiger partial charge in [-0.05, 0) is 12.1 Å². The van der Waals surface area contributed by atoms with Gasteiger partial charge in [0.15, 0.2) is 5.78 Å². The van der Waals surface area contributed by atoms with E-state index in [0.717, 1.165) is 0 Å². The topological polar surface area (TPSA) is 65.7 Å². The second-order valence-electron chi connectivity index (χ2n) is 3.65. The molecule has 0 aromatic carbocycles.